The van der Waals surface area contributed by atoms with Gasteiger partial charge in [-0.1, -0.05) is 0 Å². The highest BCUT2D eigenvalue weighted by Gasteiger charge is 2.36. The summed E-state index contributed by atoms with van der Waals surface area (Å²) in [4.78, 5) is 11.8. The van der Waals surface area contributed by atoms with E-state index in [0.29, 0.717) is 25.7 Å². The van der Waals surface area contributed by atoms with Crippen LogP contribution in [0.25, 0.3) is 0 Å². The topological polar surface area (TPSA) is 72.5 Å². The Kier molecular flexibility index (Phi) is 3.97. The van der Waals surface area contributed by atoms with Crippen LogP contribution in [0.2, 0.25) is 0 Å². The summed E-state index contributed by atoms with van der Waals surface area (Å²) in [5.74, 6) is -0.224. The lowest BCUT2D eigenvalue weighted by molar-refractivity contribution is -0.162. The van der Waals surface area contributed by atoms with Crippen molar-refractivity contribution < 1.29 is 14.6 Å². The molecule has 4 nitrogen and oxygen atoms in total. The Morgan fingerprint density at radius 2 is 1.94 bits per heavy atom. The van der Waals surface area contributed by atoms with Crippen LogP contribution in [-0.2, 0) is 9.53 Å². The van der Waals surface area contributed by atoms with Gasteiger partial charge in [0.15, 0.2) is 0 Å². The van der Waals surface area contributed by atoms with Crippen LogP contribution in [0.3, 0.4) is 0 Å². The van der Waals surface area contributed by atoms with Crippen molar-refractivity contribution in [2.45, 2.75) is 57.7 Å². The van der Waals surface area contributed by atoms with E-state index in [0.717, 1.165) is 0 Å². The summed E-state index contributed by atoms with van der Waals surface area (Å²) in [6, 6.07) is 0. The zero-order valence-corrected chi connectivity index (χ0v) is 10.5. The number of aliphatic hydroxyl groups is 1. The van der Waals surface area contributed by atoms with E-state index >= 15 is 0 Å². The number of hydrogen-bond acceptors (Lipinski definition) is 4. The lowest BCUT2D eigenvalue weighted by Crippen LogP contribution is -2.43. The summed E-state index contributed by atoms with van der Waals surface area (Å²) in [6.07, 6.45) is 2.52. The van der Waals surface area contributed by atoms with Gasteiger partial charge in [-0.15, -0.1) is 0 Å². The molecule has 0 radical (unpaired) electrons. The predicted molar refractivity (Wildman–Crippen MR) is 61.8 cm³/mol. The van der Waals surface area contributed by atoms with Gasteiger partial charge in [0.05, 0.1) is 11.5 Å². The van der Waals surface area contributed by atoms with E-state index < -0.39 is 11.2 Å². The highest BCUT2D eigenvalue weighted by Crippen LogP contribution is 2.32. The van der Waals surface area contributed by atoms with Gasteiger partial charge in [-0.05, 0) is 46.5 Å². The Balaban J connectivity index is 2.45. The van der Waals surface area contributed by atoms with Gasteiger partial charge in [-0.3, -0.25) is 4.79 Å². The van der Waals surface area contributed by atoms with Crippen LogP contribution in [0.4, 0.5) is 0 Å². The Bertz CT molecular complexity index is 249. The fourth-order valence-electron chi connectivity index (χ4n) is 1.98. The normalized spacial score (nSPS) is 31.2. The van der Waals surface area contributed by atoms with Crippen LogP contribution >= 0.6 is 0 Å². The minimum Gasteiger partial charge on any atom is -0.460 e. The largest absolute Gasteiger partial charge is 0.460 e. The summed E-state index contributed by atoms with van der Waals surface area (Å²) < 4.78 is 5.33. The van der Waals surface area contributed by atoms with E-state index in [1.807, 2.05) is 20.8 Å². The van der Waals surface area contributed by atoms with Crippen molar-refractivity contribution in [1.82, 2.24) is 0 Å². The molecule has 1 aliphatic carbocycles. The van der Waals surface area contributed by atoms with Crippen molar-refractivity contribution >= 4 is 5.97 Å². The van der Waals surface area contributed by atoms with Gasteiger partial charge in [0.2, 0.25) is 0 Å². The lowest BCUT2D eigenvalue weighted by atomic mass is 9.79. The molecule has 3 N–H and O–H groups in total. The summed E-state index contributed by atoms with van der Waals surface area (Å²) in [6.45, 7) is 5.87. The van der Waals surface area contributed by atoms with E-state index in [1.165, 1.54) is 0 Å². The first-order valence-corrected chi connectivity index (χ1v) is 5.91. The van der Waals surface area contributed by atoms with Gasteiger partial charge in [0.1, 0.15) is 5.60 Å². The smallest absolute Gasteiger partial charge is 0.309 e. The molecule has 0 aromatic carbocycles. The van der Waals surface area contributed by atoms with Crippen LogP contribution in [0.15, 0.2) is 0 Å². The molecule has 1 fully saturated rings. The number of rotatable bonds is 2. The van der Waals surface area contributed by atoms with Crippen molar-refractivity contribution in [3.63, 3.8) is 0 Å². The van der Waals surface area contributed by atoms with Crippen molar-refractivity contribution in [2.75, 3.05) is 6.54 Å². The third-order valence-electron chi connectivity index (χ3n) is 3.04. The first kappa shape index (κ1) is 13.5. The van der Waals surface area contributed by atoms with Gasteiger partial charge < -0.3 is 15.6 Å². The first-order valence-electron chi connectivity index (χ1n) is 5.91. The number of esters is 1. The molecule has 0 saturated heterocycles. The molecular weight excluding hydrogens is 206 g/mol. The van der Waals surface area contributed by atoms with E-state index in [9.17, 15) is 9.90 Å². The molecule has 0 unspecified atom stereocenters. The predicted octanol–water partition coefficient (Wildman–Crippen LogP) is 1.21. The molecule has 1 saturated carbocycles. The minimum atomic E-state index is -0.765. The van der Waals surface area contributed by atoms with Gasteiger partial charge >= 0.3 is 5.97 Å². The monoisotopic (exact) mass is 229 g/mol. The fraction of sp³-hybridized carbons (Fsp3) is 0.917. The maximum atomic E-state index is 11.8. The molecule has 0 heterocycles. The number of carbonyl (C=O) groups is 1. The average molecular weight is 229 g/mol. The summed E-state index contributed by atoms with van der Waals surface area (Å²) in [5.41, 5.74) is 4.30. The van der Waals surface area contributed by atoms with Crippen molar-refractivity contribution in [2.24, 2.45) is 11.7 Å². The first-order chi connectivity index (χ1) is 7.26. The van der Waals surface area contributed by atoms with Crippen LogP contribution in [0.5, 0.6) is 0 Å². The highest BCUT2D eigenvalue weighted by molar-refractivity contribution is 5.73. The van der Waals surface area contributed by atoms with Crippen LogP contribution in [0.1, 0.15) is 46.5 Å². The second-order valence-electron chi connectivity index (χ2n) is 5.74. The van der Waals surface area contributed by atoms with Crippen molar-refractivity contribution in [3.05, 3.63) is 0 Å². The molecule has 0 aliphatic heterocycles. The third-order valence-corrected chi connectivity index (χ3v) is 3.04. The maximum absolute atomic E-state index is 11.8. The van der Waals surface area contributed by atoms with Crippen molar-refractivity contribution in [3.8, 4) is 0 Å². The highest BCUT2D eigenvalue weighted by atomic mass is 16.6. The van der Waals surface area contributed by atoms with Gasteiger partial charge in [-0.2, -0.15) is 0 Å². The maximum Gasteiger partial charge on any atom is 0.309 e. The van der Waals surface area contributed by atoms with Crippen molar-refractivity contribution in [1.29, 1.82) is 0 Å². The lowest BCUT2D eigenvalue weighted by Gasteiger charge is -2.35. The molecule has 0 spiro atoms. The van der Waals surface area contributed by atoms with E-state index in [2.05, 4.69) is 0 Å². The van der Waals surface area contributed by atoms with Crippen LogP contribution < -0.4 is 5.73 Å². The average Bonchev–Trinajstić information content (AvgIpc) is 2.16. The third kappa shape index (κ3) is 3.76. The quantitative estimate of drug-likeness (QED) is 0.698. The van der Waals surface area contributed by atoms with E-state index in [1.54, 1.807) is 0 Å². The number of nitrogens with two attached hydrogens (primary N) is 1. The number of hydrogen-bond donors (Lipinski definition) is 2. The molecule has 1 aliphatic rings. The zero-order chi connectivity index (χ0) is 12.4. The molecule has 0 bridgehead atoms. The molecular formula is C12H23NO3. The van der Waals surface area contributed by atoms with E-state index in [4.69, 9.17) is 10.5 Å². The van der Waals surface area contributed by atoms with E-state index in [-0.39, 0.29) is 18.4 Å². The second-order valence-corrected chi connectivity index (χ2v) is 5.74. The summed E-state index contributed by atoms with van der Waals surface area (Å²) in [7, 11) is 0. The second kappa shape index (κ2) is 4.72. The molecule has 0 aromatic rings. The fourth-order valence-corrected chi connectivity index (χ4v) is 1.98. The number of ether oxygens (including phenoxy) is 1. The molecule has 1 rings (SSSR count). The van der Waals surface area contributed by atoms with Gasteiger partial charge in [-0.25, -0.2) is 0 Å². The Hall–Kier alpha value is -0.610. The molecule has 0 atom stereocenters. The van der Waals surface area contributed by atoms with Gasteiger partial charge in [0, 0.05) is 6.54 Å². The number of carbonyl (C=O) groups excluding carboxylic acids is 1. The summed E-state index contributed by atoms with van der Waals surface area (Å²) in [5, 5.41) is 9.94. The minimum absolute atomic E-state index is 0.0777. The van der Waals surface area contributed by atoms with Gasteiger partial charge in [0.25, 0.3) is 0 Å². The summed E-state index contributed by atoms with van der Waals surface area (Å²) >= 11 is 0. The van der Waals surface area contributed by atoms with Crippen LogP contribution in [-0.4, -0.2) is 28.8 Å². The SMILES string of the molecule is CC(C)(C)OC(=O)C1CCC(O)(CN)CC1. The molecule has 94 valence electrons. The molecule has 0 amide bonds. The standard InChI is InChI=1S/C12H23NO3/c1-11(2,3)16-10(14)9-4-6-12(15,8-13)7-5-9/h9,15H,4-8,13H2,1-3H3. The Morgan fingerprint density at radius 1 is 1.44 bits per heavy atom. The Morgan fingerprint density at radius 3 is 2.31 bits per heavy atom. The van der Waals surface area contributed by atoms with Crippen LogP contribution in [0, 0.1) is 5.92 Å². The zero-order valence-electron chi connectivity index (χ0n) is 10.5. The Labute approximate surface area is 97.2 Å². The molecule has 16 heavy (non-hydrogen) atoms. The molecule has 0 aromatic heterocycles. The molecule has 4 heteroatoms.